The van der Waals surface area contributed by atoms with Crippen molar-refractivity contribution in [2.45, 2.75) is 45.5 Å². The maximum atomic E-state index is 16.1. The Morgan fingerprint density at radius 2 is 1.81 bits per heavy atom. The van der Waals surface area contributed by atoms with Crippen LogP contribution in [0.15, 0.2) is 67.3 Å². The van der Waals surface area contributed by atoms with E-state index in [9.17, 15) is 18.9 Å². The van der Waals surface area contributed by atoms with Gasteiger partial charge < -0.3 is 14.0 Å². The number of nitrogens with one attached hydrogen (secondary N) is 1. The van der Waals surface area contributed by atoms with Gasteiger partial charge in [-0.05, 0) is 42.0 Å². The number of carbonyl (C=O) groups is 3. The molecule has 1 aromatic heterocycles. The van der Waals surface area contributed by atoms with E-state index in [1.807, 2.05) is 13.8 Å². The molecular formula is C30H34F2NO7PS2. The van der Waals surface area contributed by atoms with Gasteiger partial charge in [-0.25, -0.2) is 9.88 Å². The molecule has 0 saturated heterocycles. The number of alkyl halides is 2. The van der Waals surface area contributed by atoms with E-state index in [4.69, 9.17) is 14.0 Å². The summed E-state index contributed by atoms with van der Waals surface area (Å²) in [5.74, 6) is -1.42. The summed E-state index contributed by atoms with van der Waals surface area (Å²) >= 11 is 1.96. The van der Waals surface area contributed by atoms with Crippen LogP contribution in [-0.4, -0.2) is 42.1 Å². The number of thiophene rings is 1. The third-order valence-electron chi connectivity index (χ3n) is 5.90. The van der Waals surface area contributed by atoms with E-state index in [-0.39, 0.29) is 34.9 Å². The highest BCUT2D eigenvalue weighted by atomic mass is 32.2. The summed E-state index contributed by atoms with van der Waals surface area (Å²) in [5.41, 5.74) is -4.06. The number of fused-ring (bicyclic) bond motifs is 1. The standard InChI is InChI=1S/C30H34F2NO7PS2/c1-5-13-38-29(36)26-18-23-17-24(11-12-25(23)43-26)30(31,32)41(37,40-14-15-42-27(34)16-20(2)3)33-21(4)28(35)39-19-22-9-7-6-8-10-22/h5-12,17-18,20-21H,1,13-16,19H2,2-4H3,(H,33,37)/t21-,41?/m0/s1. The summed E-state index contributed by atoms with van der Waals surface area (Å²) in [4.78, 5) is 37.2. The van der Waals surface area contributed by atoms with Gasteiger partial charge in [-0.2, -0.15) is 8.78 Å². The van der Waals surface area contributed by atoms with Crippen LogP contribution in [0.1, 0.15) is 48.0 Å². The maximum Gasteiger partial charge on any atom is 0.360 e. The molecule has 0 spiro atoms. The van der Waals surface area contributed by atoms with Gasteiger partial charge in [-0.3, -0.25) is 14.2 Å². The van der Waals surface area contributed by atoms with E-state index in [0.29, 0.717) is 22.1 Å². The molecule has 1 unspecified atom stereocenters. The fourth-order valence-electron chi connectivity index (χ4n) is 3.78. The molecule has 232 valence electrons. The van der Waals surface area contributed by atoms with Gasteiger partial charge in [0.15, 0.2) is 5.12 Å². The summed E-state index contributed by atoms with van der Waals surface area (Å²) in [6, 6.07) is 12.4. The second-order valence-electron chi connectivity index (χ2n) is 9.94. The van der Waals surface area contributed by atoms with E-state index < -0.39 is 43.3 Å². The Kier molecular flexibility index (Phi) is 12.6. The van der Waals surface area contributed by atoms with E-state index in [1.54, 1.807) is 30.3 Å². The fraction of sp³-hybridized carbons (Fsp3) is 0.367. The lowest BCUT2D eigenvalue weighted by Crippen LogP contribution is -2.38. The fourth-order valence-corrected chi connectivity index (χ4v) is 7.53. The van der Waals surface area contributed by atoms with Crippen molar-refractivity contribution in [2.75, 3.05) is 19.0 Å². The molecule has 0 aliphatic heterocycles. The third-order valence-corrected chi connectivity index (χ3v) is 10.1. The molecule has 1 heterocycles. The van der Waals surface area contributed by atoms with Gasteiger partial charge in [0.1, 0.15) is 24.1 Å². The van der Waals surface area contributed by atoms with Crippen molar-refractivity contribution in [1.82, 2.24) is 5.09 Å². The Bertz CT molecular complexity index is 1480. The Labute approximate surface area is 257 Å². The average Bonchev–Trinajstić information content (AvgIpc) is 3.41. The Hall–Kier alpha value is -2.89. The normalized spacial score (nSPS) is 13.8. The predicted molar refractivity (Wildman–Crippen MR) is 166 cm³/mol. The minimum atomic E-state index is -5.15. The molecule has 1 N–H and O–H groups in total. The summed E-state index contributed by atoms with van der Waals surface area (Å²) in [5, 5.41) is 2.38. The molecule has 3 rings (SSSR count). The van der Waals surface area contributed by atoms with Crippen molar-refractivity contribution >= 4 is 57.8 Å². The number of halogens is 2. The van der Waals surface area contributed by atoms with Crippen molar-refractivity contribution in [3.8, 4) is 0 Å². The van der Waals surface area contributed by atoms with Crippen molar-refractivity contribution in [2.24, 2.45) is 5.92 Å². The number of hydrogen-bond donors (Lipinski definition) is 1. The molecule has 0 saturated carbocycles. The van der Waals surface area contributed by atoms with Crippen LogP contribution >= 0.6 is 30.6 Å². The van der Waals surface area contributed by atoms with E-state index in [0.717, 1.165) is 35.2 Å². The SMILES string of the molecule is C=CCOC(=O)c1cc2cc(C(F)(F)P(=O)(N[C@@H](C)C(=O)OCc3ccccc3)OCCSC(=O)CC(C)C)ccc2s1. The highest BCUT2D eigenvalue weighted by Gasteiger charge is 2.54. The highest BCUT2D eigenvalue weighted by Crippen LogP contribution is 2.63. The number of hydrogen-bond acceptors (Lipinski definition) is 9. The van der Waals surface area contributed by atoms with Gasteiger partial charge in [0.05, 0.1) is 6.61 Å². The molecule has 2 aromatic carbocycles. The minimum Gasteiger partial charge on any atom is -0.460 e. The van der Waals surface area contributed by atoms with Gasteiger partial charge in [-0.1, -0.05) is 74.7 Å². The lowest BCUT2D eigenvalue weighted by Gasteiger charge is -2.29. The van der Waals surface area contributed by atoms with Gasteiger partial charge in [-0.15, -0.1) is 11.3 Å². The lowest BCUT2D eigenvalue weighted by molar-refractivity contribution is -0.146. The van der Waals surface area contributed by atoms with Crippen LogP contribution in [0.25, 0.3) is 10.1 Å². The highest BCUT2D eigenvalue weighted by molar-refractivity contribution is 8.13. The van der Waals surface area contributed by atoms with Crippen LogP contribution in [0.4, 0.5) is 8.78 Å². The largest absolute Gasteiger partial charge is 0.460 e. The first-order chi connectivity index (χ1) is 20.4. The van der Waals surface area contributed by atoms with Crippen LogP contribution in [0.3, 0.4) is 0 Å². The Morgan fingerprint density at radius 1 is 1.09 bits per heavy atom. The number of thioether (sulfide) groups is 1. The summed E-state index contributed by atoms with van der Waals surface area (Å²) < 4.78 is 62.3. The average molecular weight is 654 g/mol. The van der Waals surface area contributed by atoms with Crippen molar-refractivity contribution < 1.29 is 41.7 Å². The molecule has 0 amide bonds. The zero-order valence-corrected chi connectivity index (χ0v) is 26.6. The van der Waals surface area contributed by atoms with Gasteiger partial charge in [0, 0.05) is 22.4 Å². The van der Waals surface area contributed by atoms with Crippen LogP contribution in [0.2, 0.25) is 0 Å². The van der Waals surface area contributed by atoms with Crippen molar-refractivity contribution in [3.63, 3.8) is 0 Å². The first kappa shape index (κ1) is 34.6. The predicted octanol–water partition coefficient (Wildman–Crippen LogP) is 7.53. The van der Waals surface area contributed by atoms with Crippen LogP contribution < -0.4 is 5.09 Å². The minimum absolute atomic E-state index is 0.00406. The molecule has 0 aliphatic carbocycles. The van der Waals surface area contributed by atoms with Gasteiger partial charge in [0.2, 0.25) is 0 Å². The van der Waals surface area contributed by atoms with Crippen molar-refractivity contribution in [3.05, 3.63) is 83.3 Å². The molecule has 0 radical (unpaired) electrons. The third kappa shape index (κ3) is 9.55. The quantitative estimate of drug-likeness (QED) is 0.0726. The zero-order valence-electron chi connectivity index (χ0n) is 24.0. The van der Waals surface area contributed by atoms with Crippen LogP contribution in [0.5, 0.6) is 0 Å². The molecule has 2 atom stereocenters. The number of carbonyl (C=O) groups excluding carboxylic acids is 3. The second kappa shape index (κ2) is 15.7. The number of ether oxygens (including phenoxy) is 2. The smallest absolute Gasteiger partial charge is 0.360 e. The Morgan fingerprint density at radius 3 is 2.49 bits per heavy atom. The van der Waals surface area contributed by atoms with Crippen LogP contribution in [0, 0.1) is 5.92 Å². The van der Waals surface area contributed by atoms with Crippen molar-refractivity contribution in [1.29, 1.82) is 0 Å². The van der Waals surface area contributed by atoms with E-state index >= 15 is 8.78 Å². The second-order valence-corrected chi connectivity index (χ2v) is 14.4. The summed E-state index contributed by atoms with van der Waals surface area (Å²) in [7, 11) is -5.15. The first-order valence-electron chi connectivity index (χ1n) is 13.4. The molecule has 43 heavy (non-hydrogen) atoms. The number of esters is 2. The number of benzene rings is 2. The van der Waals surface area contributed by atoms with Crippen LogP contribution in [-0.2, 0) is 40.4 Å². The molecule has 13 heteroatoms. The topological polar surface area (TPSA) is 108 Å². The van der Waals surface area contributed by atoms with E-state index in [1.165, 1.54) is 25.1 Å². The molecule has 0 aliphatic rings. The van der Waals surface area contributed by atoms with Gasteiger partial charge >= 0.3 is 25.1 Å². The Balaban J connectivity index is 1.83. The first-order valence-corrected chi connectivity index (χ1v) is 16.9. The zero-order chi connectivity index (χ0) is 31.6. The monoisotopic (exact) mass is 653 g/mol. The van der Waals surface area contributed by atoms with Gasteiger partial charge in [0.25, 0.3) is 0 Å². The summed E-state index contributed by atoms with van der Waals surface area (Å²) in [6.07, 6.45) is 1.70. The molecule has 0 fully saturated rings. The molecule has 8 nitrogen and oxygen atoms in total. The molecule has 0 bridgehead atoms. The lowest BCUT2D eigenvalue weighted by atomic mass is 10.1. The number of rotatable bonds is 16. The summed E-state index contributed by atoms with van der Waals surface area (Å²) in [6.45, 7) is 7.94. The maximum absolute atomic E-state index is 16.1. The molecular weight excluding hydrogens is 619 g/mol. The van der Waals surface area contributed by atoms with E-state index in [2.05, 4.69) is 11.7 Å². The molecule has 3 aromatic rings.